The van der Waals surface area contributed by atoms with Gasteiger partial charge in [0, 0.05) is 17.5 Å². The molecule has 94 valence electrons. The van der Waals surface area contributed by atoms with Crippen molar-refractivity contribution in [2.24, 2.45) is 0 Å². The molecule has 1 aromatic carbocycles. The van der Waals surface area contributed by atoms with Crippen molar-refractivity contribution < 1.29 is 4.79 Å². The molecule has 0 atom stereocenters. The number of carbonyl (C=O) groups is 1. The molecule has 3 heteroatoms. The van der Waals surface area contributed by atoms with Gasteiger partial charge in [-0.1, -0.05) is 18.2 Å². The van der Waals surface area contributed by atoms with Gasteiger partial charge in [-0.05, 0) is 37.5 Å². The van der Waals surface area contributed by atoms with E-state index >= 15 is 0 Å². The first-order chi connectivity index (χ1) is 8.56. The van der Waals surface area contributed by atoms with E-state index in [2.05, 4.69) is 31.0 Å². The first-order valence-corrected chi connectivity index (χ1v) is 6.92. The standard InChI is InChI=1S/C15H17NOS/c1-10-5-4-6-11(2)14(10)7-13(17)8-15-16-12(3)9-18-15/h4-6,9H,7-8H2,1-3H3. The zero-order chi connectivity index (χ0) is 13.1. The monoisotopic (exact) mass is 259 g/mol. The van der Waals surface area contributed by atoms with Gasteiger partial charge in [0.05, 0.1) is 6.42 Å². The van der Waals surface area contributed by atoms with Gasteiger partial charge in [-0.2, -0.15) is 0 Å². The molecule has 0 aliphatic rings. The second kappa shape index (κ2) is 5.44. The van der Waals surface area contributed by atoms with Gasteiger partial charge in [0.1, 0.15) is 10.8 Å². The number of nitrogens with zero attached hydrogens (tertiary/aromatic N) is 1. The zero-order valence-corrected chi connectivity index (χ0v) is 11.8. The van der Waals surface area contributed by atoms with E-state index in [1.54, 1.807) is 11.3 Å². The lowest BCUT2D eigenvalue weighted by Gasteiger charge is -2.08. The molecule has 0 spiro atoms. The predicted molar refractivity (Wildman–Crippen MR) is 75.2 cm³/mol. The second-order valence-corrected chi connectivity index (χ2v) is 5.59. The van der Waals surface area contributed by atoms with Crippen molar-refractivity contribution in [2.45, 2.75) is 33.6 Å². The molecule has 0 amide bonds. The lowest BCUT2D eigenvalue weighted by Crippen LogP contribution is -2.08. The van der Waals surface area contributed by atoms with E-state index < -0.39 is 0 Å². The van der Waals surface area contributed by atoms with Gasteiger partial charge >= 0.3 is 0 Å². The Morgan fingerprint density at radius 3 is 2.39 bits per heavy atom. The third-order valence-electron chi connectivity index (χ3n) is 3.03. The van der Waals surface area contributed by atoms with Crippen LogP contribution < -0.4 is 0 Å². The average Bonchev–Trinajstić information content (AvgIpc) is 2.69. The normalized spacial score (nSPS) is 10.6. The molecule has 0 bridgehead atoms. The predicted octanol–water partition coefficient (Wildman–Crippen LogP) is 3.42. The van der Waals surface area contributed by atoms with Gasteiger partial charge in [-0.25, -0.2) is 4.98 Å². The Labute approximate surface area is 112 Å². The Balaban J connectivity index is 2.08. The highest BCUT2D eigenvalue weighted by atomic mass is 32.1. The molecule has 2 rings (SSSR count). The first-order valence-electron chi connectivity index (χ1n) is 6.04. The van der Waals surface area contributed by atoms with Crippen LogP contribution in [0.1, 0.15) is 27.4 Å². The minimum atomic E-state index is 0.238. The summed E-state index contributed by atoms with van der Waals surface area (Å²) in [5, 5.41) is 2.91. The van der Waals surface area contributed by atoms with E-state index in [1.807, 2.05) is 18.4 Å². The molecule has 2 aromatic rings. The minimum absolute atomic E-state index is 0.238. The summed E-state index contributed by atoms with van der Waals surface area (Å²) in [6.45, 7) is 6.07. The van der Waals surface area contributed by atoms with E-state index in [1.165, 1.54) is 11.1 Å². The molecular formula is C15H17NOS. The quantitative estimate of drug-likeness (QED) is 0.842. The topological polar surface area (TPSA) is 30.0 Å². The number of carbonyl (C=O) groups excluding carboxylic acids is 1. The molecule has 0 N–H and O–H groups in total. The maximum Gasteiger partial charge on any atom is 0.144 e. The van der Waals surface area contributed by atoms with E-state index in [0.29, 0.717) is 12.8 Å². The van der Waals surface area contributed by atoms with Gasteiger partial charge in [0.15, 0.2) is 0 Å². The van der Waals surface area contributed by atoms with Crippen LogP contribution in [0.25, 0.3) is 0 Å². The highest BCUT2D eigenvalue weighted by Gasteiger charge is 2.11. The number of ketones is 1. The molecule has 0 aliphatic heterocycles. The van der Waals surface area contributed by atoms with Crippen LogP contribution in [-0.4, -0.2) is 10.8 Å². The number of Topliss-reactive ketones (excluding diaryl/α,β-unsaturated/α-hetero) is 1. The Morgan fingerprint density at radius 2 is 1.83 bits per heavy atom. The van der Waals surface area contributed by atoms with Crippen LogP contribution in [0.5, 0.6) is 0 Å². The van der Waals surface area contributed by atoms with Crippen molar-refractivity contribution in [1.82, 2.24) is 4.98 Å². The maximum absolute atomic E-state index is 12.1. The molecule has 0 unspecified atom stereocenters. The third kappa shape index (κ3) is 3.05. The Bertz CT molecular complexity index is 551. The van der Waals surface area contributed by atoms with Crippen LogP contribution in [0.3, 0.4) is 0 Å². The van der Waals surface area contributed by atoms with Crippen LogP contribution in [0.15, 0.2) is 23.6 Å². The van der Waals surface area contributed by atoms with Crippen LogP contribution in [0.4, 0.5) is 0 Å². The summed E-state index contributed by atoms with van der Waals surface area (Å²) < 4.78 is 0. The summed E-state index contributed by atoms with van der Waals surface area (Å²) in [7, 11) is 0. The molecular weight excluding hydrogens is 242 g/mol. The number of hydrogen-bond donors (Lipinski definition) is 0. The Kier molecular flexibility index (Phi) is 3.92. The fraction of sp³-hybridized carbons (Fsp3) is 0.333. The number of hydrogen-bond acceptors (Lipinski definition) is 3. The molecule has 2 nitrogen and oxygen atoms in total. The fourth-order valence-electron chi connectivity index (χ4n) is 2.04. The summed E-state index contributed by atoms with van der Waals surface area (Å²) in [4.78, 5) is 16.4. The molecule has 0 fully saturated rings. The molecule has 1 aromatic heterocycles. The zero-order valence-electron chi connectivity index (χ0n) is 11.0. The summed E-state index contributed by atoms with van der Waals surface area (Å²) in [5.74, 6) is 0.238. The van der Waals surface area contributed by atoms with E-state index in [9.17, 15) is 4.79 Å². The maximum atomic E-state index is 12.1. The van der Waals surface area contributed by atoms with Gasteiger partial charge in [0.25, 0.3) is 0 Å². The number of thiazole rings is 1. The van der Waals surface area contributed by atoms with Crippen LogP contribution in [0, 0.1) is 20.8 Å². The van der Waals surface area contributed by atoms with Gasteiger partial charge < -0.3 is 0 Å². The minimum Gasteiger partial charge on any atom is -0.299 e. The summed E-state index contributed by atoms with van der Waals surface area (Å²) in [5.41, 5.74) is 4.54. The smallest absolute Gasteiger partial charge is 0.144 e. The van der Waals surface area contributed by atoms with Gasteiger partial charge in [-0.3, -0.25) is 4.79 Å². The number of rotatable bonds is 4. The molecule has 1 heterocycles. The van der Waals surface area contributed by atoms with Crippen molar-refractivity contribution in [3.8, 4) is 0 Å². The largest absolute Gasteiger partial charge is 0.299 e. The van der Waals surface area contributed by atoms with Crippen molar-refractivity contribution in [3.63, 3.8) is 0 Å². The Hall–Kier alpha value is -1.48. The van der Waals surface area contributed by atoms with Crippen LogP contribution in [0.2, 0.25) is 0 Å². The number of benzene rings is 1. The fourth-order valence-corrected chi connectivity index (χ4v) is 2.84. The summed E-state index contributed by atoms with van der Waals surface area (Å²) in [6.07, 6.45) is 0.962. The van der Waals surface area contributed by atoms with Gasteiger partial charge in [0.2, 0.25) is 0 Å². The van der Waals surface area contributed by atoms with Crippen molar-refractivity contribution >= 4 is 17.1 Å². The van der Waals surface area contributed by atoms with Crippen molar-refractivity contribution in [2.75, 3.05) is 0 Å². The molecule has 18 heavy (non-hydrogen) atoms. The van der Waals surface area contributed by atoms with Gasteiger partial charge in [-0.15, -0.1) is 11.3 Å². The van der Waals surface area contributed by atoms with Crippen molar-refractivity contribution in [1.29, 1.82) is 0 Å². The summed E-state index contributed by atoms with van der Waals surface area (Å²) in [6, 6.07) is 6.15. The molecule has 0 saturated heterocycles. The Morgan fingerprint density at radius 1 is 1.17 bits per heavy atom. The summed E-state index contributed by atoms with van der Waals surface area (Å²) >= 11 is 1.56. The van der Waals surface area contributed by atoms with Crippen molar-refractivity contribution in [3.05, 3.63) is 51.0 Å². The highest BCUT2D eigenvalue weighted by molar-refractivity contribution is 7.09. The van der Waals surface area contributed by atoms with Crippen LogP contribution in [-0.2, 0) is 17.6 Å². The van der Waals surface area contributed by atoms with E-state index in [-0.39, 0.29) is 5.78 Å². The highest BCUT2D eigenvalue weighted by Crippen LogP contribution is 2.16. The second-order valence-electron chi connectivity index (χ2n) is 4.65. The van der Waals surface area contributed by atoms with E-state index in [4.69, 9.17) is 0 Å². The van der Waals surface area contributed by atoms with Crippen LogP contribution >= 0.6 is 11.3 Å². The average molecular weight is 259 g/mol. The molecule has 0 radical (unpaired) electrons. The lowest BCUT2D eigenvalue weighted by atomic mass is 9.97. The number of aryl methyl sites for hydroxylation is 3. The van der Waals surface area contributed by atoms with E-state index in [0.717, 1.165) is 16.3 Å². The SMILES string of the molecule is Cc1csc(CC(=O)Cc2c(C)cccc2C)n1. The lowest BCUT2D eigenvalue weighted by molar-refractivity contribution is -0.117. The third-order valence-corrected chi connectivity index (χ3v) is 4.00. The number of aromatic nitrogens is 1. The first kappa shape index (κ1) is 13.0. The molecule has 0 aliphatic carbocycles. The molecule has 0 saturated carbocycles.